The molecule has 0 heterocycles. The molecule has 0 spiro atoms. The number of hydrogen-bond donors (Lipinski definition) is 0. The zero-order valence-corrected chi connectivity index (χ0v) is 12.9. The topological polar surface area (TPSA) is 86.7 Å². The Balaban J connectivity index is 4.71. The summed E-state index contributed by atoms with van der Waals surface area (Å²) in [5, 5.41) is 0. The van der Waals surface area contributed by atoms with Crippen LogP contribution in [0.4, 0.5) is 0 Å². The third-order valence-electron chi connectivity index (χ3n) is 2.42. The maximum Gasteiger partial charge on any atom is 0.264 e. The first-order valence-electron chi connectivity index (χ1n) is 5.81. The Hall–Kier alpha value is -0.180. The van der Waals surface area contributed by atoms with E-state index >= 15 is 0 Å². The Morgan fingerprint density at radius 1 is 1.00 bits per heavy atom. The third kappa shape index (κ3) is 8.84. The van der Waals surface area contributed by atoms with E-state index in [0.717, 1.165) is 18.9 Å². The van der Waals surface area contributed by atoms with Crippen LogP contribution in [0.3, 0.4) is 0 Å². The predicted octanol–water partition coefficient (Wildman–Crippen LogP) is 1.13. The smallest absolute Gasteiger partial charge is 0.264 e. The van der Waals surface area contributed by atoms with Gasteiger partial charge in [-0.15, -0.1) is 0 Å². The highest BCUT2D eigenvalue weighted by atomic mass is 32.2. The highest BCUT2D eigenvalue weighted by molar-refractivity contribution is 7.86. The molecule has 0 saturated carbocycles. The fourth-order valence-corrected chi connectivity index (χ4v) is 2.69. The van der Waals surface area contributed by atoms with Crippen LogP contribution in [0, 0.1) is 5.92 Å². The van der Waals surface area contributed by atoms with Crippen LogP contribution in [0.25, 0.3) is 0 Å². The van der Waals surface area contributed by atoms with E-state index in [1.165, 1.54) is 0 Å². The van der Waals surface area contributed by atoms with Crippen LogP contribution in [0.15, 0.2) is 0 Å². The molecule has 0 aromatic carbocycles. The highest BCUT2D eigenvalue weighted by Crippen LogP contribution is 2.20. The average molecular weight is 302 g/mol. The second-order valence-electron chi connectivity index (χ2n) is 4.28. The van der Waals surface area contributed by atoms with Crippen molar-refractivity contribution in [1.82, 2.24) is 0 Å². The van der Waals surface area contributed by atoms with Crippen molar-refractivity contribution in [2.24, 2.45) is 5.92 Å². The lowest BCUT2D eigenvalue weighted by molar-refractivity contribution is 0.0938. The molecule has 18 heavy (non-hydrogen) atoms. The van der Waals surface area contributed by atoms with Crippen LogP contribution in [-0.4, -0.2) is 42.1 Å². The minimum absolute atomic E-state index is 0.0600. The molecule has 0 saturated heterocycles. The third-order valence-corrected chi connectivity index (χ3v) is 3.58. The molecular formula is C10H22O6S2. The lowest BCUT2D eigenvalue weighted by atomic mass is 9.97. The van der Waals surface area contributed by atoms with Gasteiger partial charge in [0.25, 0.3) is 20.2 Å². The average Bonchev–Trinajstić information content (AvgIpc) is 2.14. The molecule has 0 N–H and O–H groups in total. The van der Waals surface area contributed by atoms with Gasteiger partial charge in [0, 0.05) is 5.92 Å². The van der Waals surface area contributed by atoms with Crippen molar-refractivity contribution in [3.05, 3.63) is 0 Å². The lowest BCUT2D eigenvalue weighted by Crippen LogP contribution is -2.30. The normalized spacial score (nSPS) is 16.4. The van der Waals surface area contributed by atoms with Gasteiger partial charge in [0.15, 0.2) is 0 Å². The van der Waals surface area contributed by atoms with Gasteiger partial charge in [0.2, 0.25) is 0 Å². The van der Waals surface area contributed by atoms with E-state index in [9.17, 15) is 16.8 Å². The maximum atomic E-state index is 11.2. The Labute approximate surface area is 110 Å². The summed E-state index contributed by atoms with van der Waals surface area (Å²) in [4.78, 5) is 0. The molecular weight excluding hydrogens is 280 g/mol. The molecule has 0 aromatic heterocycles. The van der Waals surface area contributed by atoms with Crippen molar-refractivity contribution >= 4 is 20.2 Å². The van der Waals surface area contributed by atoms with Crippen LogP contribution in [0.2, 0.25) is 0 Å². The largest absolute Gasteiger partial charge is 0.270 e. The van der Waals surface area contributed by atoms with Crippen LogP contribution >= 0.6 is 0 Å². The Morgan fingerprint density at radius 2 is 1.56 bits per heavy atom. The summed E-state index contributed by atoms with van der Waals surface area (Å²) in [6.45, 7) is 3.68. The van der Waals surface area contributed by atoms with Crippen molar-refractivity contribution in [2.75, 3.05) is 19.1 Å². The van der Waals surface area contributed by atoms with E-state index in [0.29, 0.717) is 12.8 Å². The fourth-order valence-electron chi connectivity index (χ4n) is 1.57. The van der Waals surface area contributed by atoms with Gasteiger partial charge in [-0.2, -0.15) is 16.8 Å². The summed E-state index contributed by atoms with van der Waals surface area (Å²) in [6, 6.07) is 0. The minimum atomic E-state index is -3.56. The molecule has 0 aliphatic rings. The Morgan fingerprint density at radius 3 is 1.89 bits per heavy atom. The molecule has 110 valence electrons. The summed E-state index contributed by atoms with van der Waals surface area (Å²) in [5.74, 6) is -0.269. The van der Waals surface area contributed by atoms with E-state index in [1.54, 1.807) is 0 Å². The summed E-state index contributed by atoms with van der Waals surface area (Å²) in [5.41, 5.74) is 0. The van der Waals surface area contributed by atoms with Crippen molar-refractivity contribution in [2.45, 2.75) is 39.2 Å². The van der Waals surface area contributed by atoms with E-state index in [4.69, 9.17) is 8.37 Å². The van der Waals surface area contributed by atoms with Crippen LogP contribution in [0.5, 0.6) is 0 Å². The molecule has 2 atom stereocenters. The molecule has 0 bridgehead atoms. The first-order chi connectivity index (χ1) is 8.09. The van der Waals surface area contributed by atoms with Crippen molar-refractivity contribution in [3.8, 4) is 0 Å². The van der Waals surface area contributed by atoms with E-state index < -0.39 is 26.3 Å². The molecule has 0 aliphatic heterocycles. The molecule has 0 fully saturated rings. The van der Waals surface area contributed by atoms with Gasteiger partial charge in [-0.1, -0.05) is 20.3 Å². The summed E-state index contributed by atoms with van der Waals surface area (Å²) < 4.78 is 53.9. The maximum absolute atomic E-state index is 11.2. The molecule has 6 nitrogen and oxygen atoms in total. The van der Waals surface area contributed by atoms with Gasteiger partial charge in [-0.25, -0.2) is 0 Å². The second kappa shape index (κ2) is 7.42. The number of rotatable bonds is 9. The van der Waals surface area contributed by atoms with E-state index in [-0.39, 0.29) is 12.5 Å². The molecule has 2 unspecified atom stereocenters. The first kappa shape index (κ1) is 17.8. The van der Waals surface area contributed by atoms with Crippen molar-refractivity contribution < 1.29 is 25.2 Å². The Kier molecular flexibility index (Phi) is 7.34. The fraction of sp³-hybridized carbons (Fsp3) is 1.00. The van der Waals surface area contributed by atoms with Gasteiger partial charge in [0.05, 0.1) is 25.2 Å². The molecule has 0 aliphatic carbocycles. The van der Waals surface area contributed by atoms with E-state index in [2.05, 4.69) is 0 Å². The molecule has 0 aromatic rings. The summed E-state index contributed by atoms with van der Waals surface area (Å²) in [7, 11) is -7.09. The standard InChI is InChI=1S/C10H22O6S2/c1-5-7-10(16-18(4,13)14)9(6-2)8-15-17(3,11)12/h9-10H,5-8H2,1-4H3. The number of hydrogen-bond acceptors (Lipinski definition) is 6. The van der Waals surface area contributed by atoms with Gasteiger partial charge in [0.1, 0.15) is 0 Å². The quantitative estimate of drug-likeness (QED) is 0.593. The van der Waals surface area contributed by atoms with Gasteiger partial charge in [-0.05, 0) is 12.8 Å². The lowest BCUT2D eigenvalue weighted by Gasteiger charge is -2.24. The summed E-state index contributed by atoms with van der Waals surface area (Å²) in [6.07, 6.45) is 3.27. The van der Waals surface area contributed by atoms with Gasteiger partial charge < -0.3 is 0 Å². The van der Waals surface area contributed by atoms with Gasteiger partial charge in [-0.3, -0.25) is 8.37 Å². The SMILES string of the molecule is CCCC(OS(C)(=O)=O)C(CC)COS(C)(=O)=O. The summed E-state index contributed by atoms with van der Waals surface area (Å²) >= 11 is 0. The molecule has 0 amide bonds. The van der Waals surface area contributed by atoms with Crippen LogP contribution in [0.1, 0.15) is 33.1 Å². The zero-order valence-electron chi connectivity index (χ0n) is 11.2. The predicted molar refractivity (Wildman–Crippen MR) is 69.2 cm³/mol. The molecule has 0 radical (unpaired) electrons. The second-order valence-corrected chi connectivity index (χ2v) is 7.53. The van der Waals surface area contributed by atoms with Crippen molar-refractivity contribution in [3.63, 3.8) is 0 Å². The monoisotopic (exact) mass is 302 g/mol. The Bertz CT molecular complexity index is 425. The molecule has 8 heteroatoms. The van der Waals surface area contributed by atoms with Crippen molar-refractivity contribution in [1.29, 1.82) is 0 Å². The van der Waals surface area contributed by atoms with Crippen LogP contribution in [-0.2, 0) is 28.6 Å². The highest BCUT2D eigenvalue weighted by Gasteiger charge is 2.25. The molecule has 0 rings (SSSR count). The van der Waals surface area contributed by atoms with Gasteiger partial charge >= 0.3 is 0 Å². The minimum Gasteiger partial charge on any atom is -0.270 e. The van der Waals surface area contributed by atoms with E-state index in [1.807, 2.05) is 13.8 Å². The first-order valence-corrected chi connectivity index (χ1v) is 9.45. The zero-order chi connectivity index (χ0) is 14.4. The van der Waals surface area contributed by atoms with Crippen LogP contribution < -0.4 is 0 Å².